The summed E-state index contributed by atoms with van der Waals surface area (Å²) in [4.78, 5) is 36.6. The first-order valence-electron chi connectivity index (χ1n) is 26.0. The normalized spacial score (nSPS) is 13.0. The Labute approximate surface area is 377 Å². The van der Waals surface area contributed by atoms with Crippen LogP contribution < -0.4 is 11.1 Å². The zero-order valence-electron chi connectivity index (χ0n) is 40.0. The highest BCUT2D eigenvalue weighted by Crippen LogP contribution is 2.19. The third-order valence-corrected chi connectivity index (χ3v) is 11.7. The molecule has 7 nitrogen and oxygen atoms in total. The van der Waals surface area contributed by atoms with Crippen LogP contribution >= 0.6 is 0 Å². The van der Waals surface area contributed by atoms with Crippen molar-refractivity contribution in [1.82, 2.24) is 5.32 Å². The number of carbonyl (C=O) groups is 3. The van der Waals surface area contributed by atoms with Crippen molar-refractivity contribution in [2.75, 3.05) is 6.54 Å². The molecule has 0 saturated heterocycles. The molecule has 0 bridgehead atoms. The number of rotatable bonds is 47. The van der Waals surface area contributed by atoms with E-state index in [1.54, 1.807) is 0 Å². The molecule has 0 heterocycles. The molecular weight excluding hydrogens is 757 g/mol. The number of nitrogens with two attached hydrogens (primary N) is 1. The van der Waals surface area contributed by atoms with Gasteiger partial charge in [-0.2, -0.15) is 0 Å². The Hall–Kier alpha value is -2.67. The van der Waals surface area contributed by atoms with Crippen molar-refractivity contribution < 1.29 is 24.2 Å². The van der Waals surface area contributed by atoms with Gasteiger partial charge in [-0.1, -0.05) is 204 Å². The Bertz CT molecular complexity index is 1100. The van der Waals surface area contributed by atoms with Gasteiger partial charge in [-0.25, -0.2) is 4.79 Å². The van der Waals surface area contributed by atoms with Gasteiger partial charge < -0.3 is 20.9 Å². The first kappa shape index (κ1) is 58.3. The molecule has 0 saturated carbocycles. The van der Waals surface area contributed by atoms with E-state index in [1.807, 2.05) is 0 Å². The highest BCUT2D eigenvalue weighted by Gasteiger charge is 2.19. The zero-order valence-corrected chi connectivity index (χ0v) is 40.0. The quantitative estimate of drug-likeness (QED) is 0.0319. The minimum absolute atomic E-state index is 0.0109. The van der Waals surface area contributed by atoms with Crippen molar-refractivity contribution in [2.24, 2.45) is 5.73 Å². The number of carbonyl (C=O) groups excluding carboxylic acids is 2. The second-order valence-electron chi connectivity index (χ2n) is 17.6. The molecule has 0 aromatic rings. The molecule has 0 radical (unpaired) electrons. The molecule has 0 aliphatic rings. The van der Waals surface area contributed by atoms with Crippen molar-refractivity contribution in [1.29, 1.82) is 0 Å². The van der Waals surface area contributed by atoms with Gasteiger partial charge in [0.05, 0.1) is 0 Å². The lowest BCUT2D eigenvalue weighted by Gasteiger charge is -2.18. The first-order valence-corrected chi connectivity index (χ1v) is 26.0. The summed E-state index contributed by atoms with van der Waals surface area (Å²) in [5.41, 5.74) is 5.50. The lowest BCUT2D eigenvalue weighted by atomic mass is 10.0. The van der Waals surface area contributed by atoms with Crippen molar-refractivity contribution in [2.45, 2.75) is 270 Å². The van der Waals surface area contributed by atoms with Gasteiger partial charge in [0.1, 0.15) is 12.1 Å². The number of ether oxygens (including phenoxy) is 1. The molecule has 7 heteroatoms. The molecule has 0 rings (SSSR count). The van der Waals surface area contributed by atoms with Crippen molar-refractivity contribution in [3.05, 3.63) is 48.6 Å². The number of allylic oxidation sites excluding steroid dienone is 8. The summed E-state index contributed by atoms with van der Waals surface area (Å²) in [6.45, 7) is 4.85. The first-order chi connectivity index (χ1) is 29.9. The van der Waals surface area contributed by atoms with Crippen molar-refractivity contribution in [3.8, 4) is 0 Å². The Morgan fingerprint density at radius 1 is 0.492 bits per heavy atom. The average molecular weight is 855 g/mol. The zero-order chi connectivity index (χ0) is 44.5. The number of esters is 1. The van der Waals surface area contributed by atoms with Gasteiger partial charge in [0.15, 0.2) is 0 Å². The lowest BCUT2D eigenvalue weighted by molar-refractivity contribution is -0.150. The van der Waals surface area contributed by atoms with E-state index in [-0.39, 0.29) is 18.0 Å². The third-order valence-electron chi connectivity index (χ3n) is 11.7. The van der Waals surface area contributed by atoms with E-state index in [0.717, 1.165) is 89.9 Å². The van der Waals surface area contributed by atoms with E-state index >= 15 is 0 Å². The molecule has 0 aromatic carbocycles. The van der Waals surface area contributed by atoms with Crippen LogP contribution in [0, 0.1) is 0 Å². The number of hydrogen-bond donors (Lipinski definition) is 3. The molecule has 0 aliphatic carbocycles. The van der Waals surface area contributed by atoms with E-state index in [4.69, 9.17) is 10.5 Å². The minimum Gasteiger partial charge on any atom is -0.480 e. The number of carboxylic acid groups (broad SMARTS) is 1. The Kier molecular flexibility index (Phi) is 46.2. The maximum atomic E-state index is 12.9. The molecule has 2 atom stereocenters. The maximum Gasteiger partial charge on any atom is 0.326 e. The van der Waals surface area contributed by atoms with Crippen LogP contribution in [0.15, 0.2) is 48.6 Å². The molecule has 0 aliphatic heterocycles. The monoisotopic (exact) mass is 855 g/mol. The third kappa shape index (κ3) is 45.2. The summed E-state index contributed by atoms with van der Waals surface area (Å²) < 4.78 is 6.08. The van der Waals surface area contributed by atoms with Crippen molar-refractivity contribution >= 4 is 17.8 Å². The van der Waals surface area contributed by atoms with Gasteiger partial charge in [-0.15, -0.1) is 0 Å². The molecule has 1 amide bonds. The van der Waals surface area contributed by atoms with Gasteiger partial charge in [0.25, 0.3) is 0 Å². The van der Waals surface area contributed by atoms with E-state index in [1.165, 1.54) is 128 Å². The largest absolute Gasteiger partial charge is 0.480 e. The van der Waals surface area contributed by atoms with Crippen LogP contribution in [0.1, 0.15) is 258 Å². The molecule has 2 unspecified atom stereocenters. The summed E-state index contributed by atoms with van der Waals surface area (Å²) in [7, 11) is 0. The van der Waals surface area contributed by atoms with Gasteiger partial charge in [0.2, 0.25) is 5.91 Å². The molecule has 61 heavy (non-hydrogen) atoms. The topological polar surface area (TPSA) is 119 Å². The van der Waals surface area contributed by atoms with Crippen molar-refractivity contribution in [3.63, 3.8) is 0 Å². The van der Waals surface area contributed by atoms with Gasteiger partial charge in [-0.05, 0) is 96.4 Å². The highest BCUT2D eigenvalue weighted by molar-refractivity contribution is 5.83. The Balaban J connectivity index is 4.20. The van der Waals surface area contributed by atoms with Crippen LogP contribution in [0.4, 0.5) is 0 Å². The fraction of sp³-hybridized carbons (Fsp3) is 0.796. The average Bonchev–Trinajstić information content (AvgIpc) is 3.25. The minimum atomic E-state index is -1.00. The SMILES string of the molecule is CC/C=C\C/C=C\C/C=C\C/C=C\CCCCCCCCCCCCC(=O)OC(CCCCCCCCCCCCCC)CCCCCCCC(=O)NC(CCCN)C(=O)O. The smallest absolute Gasteiger partial charge is 0.326 e. The lowest BCUT2D eigenvalue weighted by Crippen LogP contribution is -2.40. The number of aliphatic carboxylic acids is 1. The molecule has 0 spiro atoms. The molecular formula is C54H98N2O5. The second-order valence-corrected chi connectivity index (χ2v) is 17.6. The van der Waals surface area contributed by atoms with Crippen LogP contribution in [0.2, 0.25) is 0 Å². The number of hydrogen-bond acceptors (Lipinski definition) is 5. The van der Waals surface area contributed by atoms with Gasteiger partial charge >= 0.3 is 11.9 Å². The van der Waals surface area contributed by atoms with Crippen LogP contribution in [-0.2, 0) is 19.1 Å². The molecule has 354 valence electrons. The van der Waals surface area contributed by atoms with E-state index < -0.39 is 12.0 Å². The van der Waals surface area contributed by atoms with E-state index in [2.05, 4.69) is 67.8 Å². The van der Waals surface area contributed by atoms with Gasteiger partial charge in [-0.3, -0.25) is 9.59 Å². The summed E-state index contributed by atoms with van der Waals surface area (Å²) in [6.07, 6.45) is 60.3. The highest BCUT2D eigenvalue weighted by atomic mass is 16.5. The van der Waals surface area contributed by atoms with E-state index in [0.29, 0.717) is 32.2 Å². The molecule has 4 N–H and O–H groups in total. The van der Waals surface area contributed by atoms with Crippen LogP contribution in [0.5, 0.6) is 0 Å². The maximum absolute atomic E-state index is 12.9. The van der Waals surface area contributed by atoms with Gasteiger partial charge in [0, 0.05) is 12.8 Å². The fourth-order valence-electron chi connectivity index (χ4n) is 7.80. The standard InChI is InChI=1S/C54H98N2O5/c1-3-5-7-9-11-13-15-17-18-19-20-21-22-23-24-25-26-27-29-31-33-38-42-48-53(58)61-50(44-39-35-32-30-28-16-14-12-10-8-6-4-2)45-40-36-34-37-41-47-52(57)56-51(54(59)60)46-43-49-55/h5,7,11,13,17-18,20-21,50-51H,3-4,6,8-10,12,14-16,19,22-49,55H2,1-2H3,(H,56,57)(H,59,60)/b7-5-,13-11-,18-17-,21-20-. The predicted molar refractivity (Wildman–Crippen MR) is 262 cm³/mol. The molecule has 0 fully saturated rings. The summed E-state index contributed by atoms with van der Waals surface area (Å²) in [6, 6.07) is -0.857. The fourth-order valence-corrected chi connectivity index (χ4v) is 7.80. The van der Waals surface area contributed by atoms with Crippen LogP contribution in [-0.4, -0.2) is 41.6 Å². The molecule has 0 aromatic heterocycles. The summed E-state index contributed by atoms with van der Waals surface area (Å²) in [5, 5.41) is 12.0. The Morgan fingerprint density at radius 3 is 1.36 bits per heavy atom. The predicted octanol–water partition coefficient (Wildman–Crippen LogP) is 15.5. The van der Waals surface area contributed by atoms with E-state index in [9.17, 15) is 19.5 Å². The number of nitrogens with one attached hydrogen (secondary N) is 1. The summed E-state index contributed by atoms with van der Waals surface area (Å²) in [5.74, 6) is -1.22. The van der Waals surface area contributed by atoms with Crippen LogP contribution in [0.25, 0.3) is 0 Å². The second kappa shape index (κ2) is 48.4. The Morgan fingerprint density at radius 2 is 0.902 bits per heavy atom. The number of amides is 1. The number of carboxylic acids is 1. The van der Waals surface area contributed by atoms with Crippen LogP contribution in [0.3, 0.4) is 0 Å². The summed E-state index contributed by atoms with van der Waals surface area (Å²) >= 11 is 0. The number of unbranched alkanes of at least 4 members (excludes halogenated alkanes) is 25.